The molecule has 0 amide bonds. The maximum absolute atomic E-state index is 16.1. The lowest BCUT2D eigenvalue weighted by molar-refractivity contribution is 0.102. The first-order valence-electron chi connectivity index (χ1n) is 13.7. The normalized spacial score (nSPS) is 14.0. The highest BCUT2D eigenvalue weighted by Gasteiger charge is 2.22. The van der Waals surface area contributed by atoms with E-state index in [1.54, 1.807) is 31.7 Å². The Balaban J connectivity index is 1.23. The molecule has 1 saturated carbocycles. The highest BCUT2D eigenvalue weighted by atomic mass is 32.1. The zero-order valence-electron chi connectivity index (χ0n) is 22.4. The zero-order chi connectivity index (χ0) is 27.9. The number of aromatic nitrogens is 7. The molecule has 0 aliphatic heterocycles. The molecule has 0 bridgehead atoms. The minimum atomic E-state index is -0.498. The van der Waals surface area contributed by atoms with Crippen molar-refractivity contribution in [2.24, 2.45) is 5.92 Å². The third kappa shape index (κ3) is 4.81. The second-order valence-corrected chi connectivity index (χ2v) is 11.6. The van der Waals surface area contributed by atoms with Gasteiger partial charge >= 0.3 is 0 Å². The smallest absolute Gasteiger partial charge is 0.178 e. The first-order valence-corrected chi connectivity index (χ1v) is 14.5. The van der Waals surface area contributed by atoms with E-state index in [9.17, 15) is 4.79 Å². The van der Waals surface area contributed by atoms with Crippen LogP contribution in [0, 0.1) is 11.7 Å². The van der Waals surface area contributed by atoms with Gasteiger partial charge in [-0.05, 0) is 62.1 Å². The molecule has 0 aromatic carbocycles. The predicted octanol–water partition coefficient (Wildman–Crippen LogP) is 6.31. The number of hydrogen-bond acceptors (Lipinski definition) is 8. The predicted molar refractivity (Wildman–Crippen MR) is 157 cm³/mol. The lowest BCUT2D eigenvalue weighted by Crippen LogP contribution is -2.20. The molecule has 3 N–H and O–H groups in total. The molecular weight excluding hydrogens is 539 g/mol. The minimum Gasteiger partial charge on any atom is -0.335 e. The van der Waals surface area contributed by atoms with E-state index in [1.165, 1.54) is 37.0 Å². The van der Waals surface area contributed by atoms with E-state index >= 15 is 4.39 Å². The average Bonchev–Trinajstić information content (AvgIpc) is 3.79. The van der Waals surface area contributed by atoms with Crippen molar-refractivity contribution >= 4 is 39.2 Å². The summed E-state index contributed by atoms with van der Waals surface area (Å²) in [7, 11) is 0. The summed E-state index contributed by atoms with van der Waals surface area (Å²) in [6, 6.07) is 7.52. The Labute approximate surface area is 238 Å². The lowest BCUT2D eigenvalue weighted by atomic mass is 10.1. The number of ketones is 1. The van der Waals surface area contributed by atoms with Crippen molar-refractivity contribution in [1.82, 2.24) is 40.4 Å². The first-order chi connectivity index (χ1) is 20.0. The Bertz CT molecular complexity index is 1900. The van der Waals surface area contributed by atoms with E-state index in [0.717, 1.165) is 28.5 Å². The van der Waals surface area contributed by atoms with Gasteiger partial charge in [0, 0.05) is 41.1 Å². The monoisotopic (exact) mass is 566 g/mol. The maximum atomic E-state index is 16.1. The van der Waals surface area contributed by atoms with Crippen LogP contribution < -0.4 is 5.32 Å². The third-order valence-electron chi connectivity index (χ3n) is 7.68. The van der Waals surface area contributed by atoms with Crippen molar-refractivity contribution in [2.45, 2.75) is 39.2 Å². The van der Waals surface area contributed by atoms with Gasteiger partial charge in [-0.15, -0.1) is 11.3 Å². The van der Waals surface area contributed by atoms with Gasteiger partial charge in [0.2, 0.25) is 0 Å². The van der Waals surface area contributed by atoms with Crippen molar-refractivity contribution < 1.29 is 9.18 Å². The third-order valence-corrected chi connectivity index (χ3v) is 8.90. The number of fused-ring (bicyclic) bond motifs is 2. The Morgan fingerprint density at radius 2 is 2.00 bits per heavy atom. The van der Waals surface area contributed by atoms with Crippen LogP contribution in [0.4, 0.5) is 4.39 Å². The van der Waals surface area contributed by atoms with E-state index in [0.29, 0.717) is 45.2 Å². The lowest BCUT2D eigenvalue weighted by Gasteiger charge is -2.11. The van der Waals surface area contributed by atoms with Gasteiger partial charge in [0.25, 0.3) is 0 Å². The van der Waals surface area contributed by atoms with E-state index < -0.39 is 5.82 Å². The molecule has 6 heterocycles. The van der Waals surface area contributed by atoms with E-state index in [-0.39, 0.29) is 16.9 Å². The molecule has 0 atom stereocenters. The fourth-order valence-electron chi connectivity index (χ4n) is 5.60. The number of nitrogens with one attached hydrogen (secondary N) is 3. The standard InChI is InChI=1S/C30H27FN8OS/c1-16(40)22-6-7-23(41-22)20-8-9-34-29-27(20)36-30(37-29)28-24-21(38-39-28)15-35-26(25(24)31)19-10-18(13-33-14-19)12-32-11-17-4-2-3-5-17/h6-10,13-15,17,32H,2-5,11-12H2,1H3,(H,38,39)(H,34,36,37). The van der Waals surface area contributed by atoms with Crippen molar-refractivity contribution in [2.75, 3.05) is 6.54 Å². The quantitative estimate of drug-likeness (QED) is 0.184. The van der Waals surface area contributed by atoms with Crippen LogP contribution >= 0.6 is 11.3 Å². The van der Waals surface area contributed by atoms with Gasteiger partial charge < -0.3 is 10.3 Å². The summed E-state index contributed by atoms with van der Waals surface area (Å²) in [5, 5.41) is 11.1. The summed E-state index contributed by atoms with van der Waals surface area (Å²) in [5.74, 6) is 0.636. The second kappa shape index (κ2) is 10.6. The van der Waals surface area contributed by atoms with Crippen LogP contribution in [-0.4, -0.2) is 47.4 Å². The zero-order valence-corrected chi connectivity index (χ0v) is 23.2. The van der Waals surface area contributed by atoms with E-state index in [4.69, 9.17) is 0 Å². The fraction of sp³-hybridized carbons (Fsp3) is 0.267. The van der Waals surface area contributed by atoms with Crippen molar-refractivity contribution in [1.29, 1.82) is 0 Å². The summed E-state index contributed by atoms with van der Waals surface area (Å²) in [5.41, 5.74) is 4.60. The molecule has 206 valence electrons. The van der Waals surface area contributed by atoms with Gasteiger partial charge in [-0.1, -0.05) is 12.8 Å². The Morgan fingerprint density at radius 3 is 2.83 bits per heavy atom. The van der Waals surface area contributed by atoms with Crippen LogP contribution in [0.15, 0.2) is 49.1 Å². The highest BCUT2D eigenvalue weighted by molar-refractivity contribution is 7.17. The Morgan fingerprint density at radius 1 is 1.12 bits per heavy atom. The van der Waals surface area contributed by atoms with Crippen molar-refractivity contribution in [3.05, 3.63) is 65.3 Å². The van der Waals surface area contributed by atoms with E-state index in [1.807, 2.05) is 24.3 Å². The number of carbonyl (C=O) groups is 1. The number of hydrogen-bond donors (Lipinski definition) is 3. The van der Waals surface area contributed by atoms with Crippen LogP contribution in [0.3, 0.4) is 0 Å². The summed E-state index contributed by atoms with van der Waals surface area (Å²) < 4.78 is 16.1. The van der Waals surface area contributed by atoms with Gasteiger partial charge in [-0.3, -0.25) is 19.9 Å². The number of aromatic amines is 2. The Hall–Kier alpha value is -4.35. The molecule has 1 aliphatic rings. The molecule has 7 rings (SSSR count). The first kappa shape index (κ1) is 25.6. The molecular formula is C30H27FN8OS. The minimum absolute atomic E-state index is 0.0146. The fourth-order valence-corrected chi connectivity index (χ4v) is 6.53. The molecule has 6 aromatic rings. The van der Waals surface area contributed by atoms with Gasteiger partial charge in [0.15, 0.2) is 23.1 Å². The van der Waals surface area contributed by atoms with Gasteiger partial charge in [0.1, 0.15) is 11.4 Å². The molecule has 11 heteroatoms. The summed E-state index contributed by atoms with van der Waals surface area (Å²) in [4.78, 5) is 34.5. The van der Waals surface area contributed by atoms with Crippen LogP contribution in [0.25, 0.3) is 55.3 Å². The van der Waals surface area contributed by atoms with Crippen LogP contribution in [-0.2, 0) is 6.54 Å². The Kier molecular flexibility index (Phi) is 6.60. The number of nitrogens with zero attached hydrogens (tertiary/aromatic N) is 5. The molecule has 0 unspecified atom stereocenters. The number of Topliss-reactive ketones (excluding diaryl/α,β-unsaturated/α-hetero) is 1. The van der Waals surface area contributed by atoms with Crippen molar-refractivity contribution in [3.8, 4) is 33.2 Å². The number of pyridine rings is 3. The molecule has 9 nitrogen and oxygen atoms in total. The van der Waals surface area contributed by atoms with Crippen LogP contribution in [0.1, 0.15) is 47.8 Å². The summed E-state index contributed by atoms with van der Waals surface area (Å²) in [6.07, 6.45) is 11.9. The van der Waals surface area contributed by atoms with Crippen LogP contribution in [0.2, 0.25) is 0 Å². The number of thiophene rings is 1. The number of rotatable bonds is 8. The molecule has 0 saturated heterocycles. The highest BCUT2D eigenvalue weighted by Crippen LogP contribution is 2.36. The van der Waals surface area contributed by atoms with E-state index in [2.05, 4.69) is 40.4 Å². The maximum Gasteiger partial charge on any atom is 0.178 e. The van der Waals surface area contributed by atoms with Gasteiger partial charge in [-0.2, -0.15) is 5.10 Å². The average molecular weight is 567 g/mol. The summed E-state index contributed by atoms with van der Waals surface area (Å²) in [6.45, 7) is 3.21. The molecule has 41 heavy (non-hydrogen) atoms. The topological polar surface area (TPSA) is 125 Å². The molecule has 6 aromatic heterocycles. The number of carbonyl (C=O) groups excluding carboxylic acids is 1. The molecule has 0 radical (unpaired) electrons. The number of halogens is 1. The summed E-state index contributed by atoms with van der Waals surface area (Å²) >= 11 is 1.41. The van der Waals surface area contributed by atoms with Gasteiger partial charge in [0.05, 0.1) is 27.5 Å². The molecule has 1 aliphatic carbocycles. The number of H-pyrrole nitrogens is 2. The second-order valence-electron chi connectivity index (χ2n) is 10.5. The molecule has 1 fully saturated rings. The van der Waals surface area contributed by atoms with Crippen LogP contribution in [0.5, 0.6) is 0 Å². The number of imidazole rings is 1. The van der Waals surface area contributed by atoms with Crippen molar-refractivity contribution in [3.63, 3.8) is 0 Å². The molecule has 0 spiro atoms. The van der Waals surface area contributed by atoms with Gasteiger partial charge in [-0.25, -0.2) is 14.4 Å². The largest absolute Gasteiger partial charge is 0.335 e. The SMILES string of the molecule is CC(=O)c1ccc(-c2ccnc3nc(-c4n[nH]c5cnc(-c6cncc(CNCC7CCCC7)c6)c(F)c45)[nH]c23)s1.